The Morgan fingerprint density at radius 2 is 1.06 bits per heavy atom. The van der Waals surface area contributed by atoms with Crippen molar-refractivity contribution in [2.24, 2.45) is 0 Å². The van der Waals surface area contributed by atoms with Crippen LogP contribution in [0.25, 0.3) is 0 Å². The van der Waals surface area contributed by atoms with Gasteiger partial charge < -0.3 is 4.89 Å². The van der Waals surface area contributed by atoms with Gasteiger partial charge in [-0.1, -0.05) is 60.7 Å². The molecule has 0 radical (unpaired) electrons. The molecule has 0 heterocycles. The molecule has 0 saturated carbocycles. The quantitative estimate of drug-likeness (QED) is 0.675. The standard InChI is InChI=1S/C12H11OP.2ClH.Ir/c13-14(11-7-3-1-4-8-11)12-9-5-2-6-10-12;;;/h1-10,13H;2*1H;/q;;;+2/p-2. The van der Waals surface area contributed by atoms with E-state index in [1.807, 2.05) is 60.7 Å². The van der Waals surface area contributed by atoms with Gasteiger partial charge in [-0.15, -0.1) is 0 Å². The van der Waals surface area contributed by atoms with Crippen molar-refractivity contribution in [2.75, 3.05) is 0 Å². The van der Waals surface area contributed by atoms with Crippen molar-refractivity contribution in [3.05, 3.63) is 60.7 Å². The fourth-order valence-corrected chi connectivity index (χ4v) is 2.49. The van der Waals surface area contributed by atoms with Gasteiger partial charge in [0.25, 0.3) is 0 Å². The van der Waals surface area contributed by atoms with E-state index >= 15 is 0 Å². The van der Waals surface area contributed by atoms with Crippen molar-refractivity contribution in [1.82, 2.24) is 0 Å². The van der Waals surface area contributed by atoms with Crippen LogP contribution in [0.3, 0.4) is 0 Å². The first-order valence-corrected chi connectivity index (χ1v) is 12.0. The van der Waals surface area contributed by atoms with Gasteiger partial charge in [0.15, 0.2) is 0 Å². The second-order valence-electron chi connectivity index (χ2n) is 3.03. The molecule has 1 N–H and O–H groups in total. The molecule has 2 aromatic rings. The molecular formula is C12H11Cl2IrOP. The van der Waals surface area contributed by atoms with Gasteiger partial charge in [-0.25, -0.2) is 0 Å². The second-order valence-corrected chi connectivity index (χ2v) is 8.15. The zero-order chi connectivity index (χ0) is 12.5. The average Bonchev–Trinajstić information content (AvgIpc) is 2.41. The topological polar surface area (TPSA) is 20.2 Å². The van der Waals surface area contributed by atoms with Gasteiger partial charge in [0.05, 0.1) is 8.15 Å². The molecule has 0 aliphatic heterocycles. The molecule has 93 valence electrons. The second kappa shape index (κ2) is 9.05. The van der Waals surface area contributed by atoms with E-state index in [0.717, 1.165) is 10.6 Å². The van der Waals surface area contributed by atoms with Gasteiger partial charge in [-0.3, -0.25) is 0 Å². The Kier molecular flexibility index (Phi) is 8.05. The van der Waals surface area contributed by atoms with Gasteiger partial charge in [-0.05, 0) is 0 Å². The van der Waals surface area contributed by atoms with Crippen LogP contribution in [0.4, 0.5) is 0 Å². The fraction of sp³-hybridized carbons (Fsp3) is 0. The number of hydrogen-bond acceptors (Lipinski definition) is 1. The number of benzene rings is 2. The van der Waals surface area contributed by atoms with Crippen molar-refractivity contribution in [1.29, 1.82) is 0 Å². The van der Waals surface area contributed by atoms with Gasteiger partial charge >= 0.3 is 34.8 Å². The third-order valence-electron chi connectivity index (χ3n) is 2.00. The van der Waals surface area contributed by atoms with Gasteiger partial charge in [-0.2, -0.15) is 0 Å². The molecule has 2 rings (SSSR count). The fourth-order valence-electron chi connectivity index (χ4n) is 1.29. The summed E-state index contributed by atoms with van der Waals surface area (Å²) in [6, 6.07) is 19.5. The van der Waals surface area contributed by atoms with Crippen molar-refractivity contribution < 1.29 is 20.6 Å². The summed E-state index contributed by atoms with van der Waals surface area (Å²) in [5.74, 6) is 0. The molecule has 2 aromatic carbocycles. The molecular weight excluding hydrogens is 454 g/mol. The van der Waals surface area contributed by atoms with E-state index in [1.54, 1.807) is 0 Å². The Morgan fingerprint density at radius 1 is 0.765 bits per heavy atom. The Hall–Kier alpha value is 0.0594. The Labute approximate surface area is 119 Å². The summed E-state index contributed by atoms with van der Waals surface area (Å²) in [5.41, 5.74) is 0. The molecule has 5 heteroatoms. The summed E-state index contributed by atoms with van der Waals surface area (Å²) in [7, 11) is 8.61. The summed E-state index contributed by atoms with van der Waals surface area (Å²) >= 11 is -0.556. The molecule has 0 aliphatic carbocycles. The van der Waals surface area contributed by atoms with Crippen LogP contribution in [-0.2, 0) is 15.7 Å². The summed E-state index contributed by atoms with van der Waals surface area (Å²) in [4.78, 5) is 10.1. The van der Waals surface area contributed by atoms with Crippen LogP contribution >= 0.6 is 27.3 Å². The Morgan fingerprint density at radius 3 is 1.35 bits per heavy atom. The number of halogens is 2. The van der Waals surface area contributed by atoms with E-state index in [4.69, 9.17) is 19.2 Å². The van der Waals surface area contributed by atoms with Crippen LogP contribution in [0.1, 0.15) is 0 Å². The molecule has 0 saturated heterocycles. The van der Waals surface area contributed by atoms with E-state index in [2.05, 4.69) is 0 Å². The predicted octanol–water partition coefficient (Wildman–Crippen LogP) is 3.40. The van der Waals surface area contributed by atoms with Crippen LogP contribution in [0, 0.1) is 0 Å². The van der Waals surface area contributed by atoms with Crippen LogP contribution in [0.2, 0.25) is 0 Å². The summed E-state index contributed by atoms with van der Waals surface area (Å²) in [6.07, 6.45) is 0. The Balaban J connectivity index is 0.000000437. The first-order valence-electron chi connectivity index (χ1n) is 4.72. The van der Waals surface area contributed by atoms with E-state index in [-0.39, 0.29) is 0 Å². The van der Waals surface area contributed by atoms with E-state index < -0.39 is 23.8 Å². The molecule has 0 amide bonds. The van der Waals surface area contributed by atoms with Crippen molar-refractivity contribution in [3.63, 3.8) is 0 Å². The van der Waals surface area contributed by atoms with Crippen molar-refractivity contribution >= 4 is 37.9 Å². The van der Waals surface area contributed by atoms with Crippen LogP contribution < -0.4 is 10.6 Å². The molecule has 17 heavy (non-hydrogen) atoms. The summed E-state index contributed by atoms with van der Waals surface area (Å²) < 4.78 is 0. The molecule has 0 unspecified atom stereocenters. The zero-order valence-electron chi connectivity index (χ0n) is 8.76. The number of hydrogen-bond donors (Lipinski definition) is 1. The van der Waals surface area contributed by atoms with Crippen LogP contribution in [-0.4, -0.2) is 4.89 Å². The molecule has 1 nitrogen and oxygen atoms in total. The average molecular weight is 465 g/mol. The van der Waals surface area contributed by atoms with Gasteiger partial charge in [0, 0.05) is 10.6 Å². The summed E-state index contributed by atoms with van der Waals surface area (Å²) in [6.45, 7) is 0. The molecule has 0 fully saturated rings. The predicted molar refractivity (Wildman–Crippen MR) is 73.0 cm³/mol. The molecule has 0 bridgehead atoms. The first kappa shape index (κ1) is 15.1. The van der Waals surface area contributed by atoms with Crippen molar-refractivity contribution in [2.45, 2.75) is 0 Å². The van der Waals surface area contributed by atoms with E-state index in [0.29, 0.717) is 0 Å². The minimum atomic E-state index is -1.17. The van der Waals surface area contributed by atoms with Gasteiger partial charge in [0.1, 0.15) is 0 Å². The third kappa shape index (κ3) is 5.48. The molecule has 0 aliphatic rings. The van der Waals surface area contributed by atoms with Crippen LogP contribution in [0.5, 0.6) is 0 Å². The molecule has 0 aromatic heterocycles. The maximum absolute atomic E-state index is 10.1. The maximum atomic E-state index is 10.1. The third-order valence-corrected chi connectivity index (χ3v) is 3.58. The van der Waals surface area contributed by atoms with Gasteiger partial charge in [0.2, 0.25) is 0 Å². The van der Waals surface area contributed by atoms with Crippen molar-refractivity contribution in [3.8, 4) is 0 Å². The Bertz CT molecular complexity index is 374. The SMILES string of the molecule is OP(c1ccccc1)c1ccccc1.[Cl][Ir][Cl]. The monoisotopic (exact) mass is 465 g/mol. The normalized spacial score (nSPS) is 9.88. The molecule has 0 spiro atoms. The summed E-state index contributed by atoms with van der Waals surface area (Å²) in [5, 5.41) is 1.99. The van der Waals surface area contributed by atoms with E-state index in [1.165, 1.54) is 0 Å². The molecule has 0 atom stereocenters. The van der Waals surface area contributed by atoms with Crippen LogP contribution in [0.15, 0.2) is 60.7 Å². The minimum absolute atomic E-state index is 0.556. The van der Waals surface area contributed by atoms with E-state index in [9.17, 15) is 4.89 Å². The first-order chi connectivity index (χ1) is 8.29. The number of rotatable bonds is 2. The zero-order valence-corrected chi connectivity index (χ0v) is 13.6.